The zero-order valence-corrected chi connectivity index (χ0v) is 9.46. The normalized spacial score (nSPS) is 11.9. The van der Waals surface area contributed by atoms with Crippen LogP contribution in [-0.4, -0.2) is 20.0 Å². The minimum Gasteiger partial charge on any atom is -0.262 e. The van der Waals surface area contributed by atoms with Crippen molar-refractivity contribution >= 4 is 11.0 Å². The number of hydrogen-bond donors (Lipinski definition) is 0. The van der Waals surface area contributed by atoms with Gasteiger partial charge in [0.05, 0.1) is 23.0 Å². The summed E-state index contributed by atoms with van der Waals surface area (Å²) in [6, 6.07) is 6.45. The summed E-state index contributed by atoms with van der Waals surface area (Å²) in [5.41, 5.74) is 1.10. The zero-order valence-electron chi connectivity index (χ0n) is 9.46. The smallest absolute Gasteiger partial charge is 0.262 e. The van der Waals surface area contributed by atoms with E-state index < -0.39 is 11.7 Å². The molecule has 0 aliphatic carbocycles. The topological polar surface area (TPSA) is 43.6 Å². The fourth-order valence-corrected chi connectivity index (χ4v) is 1.76. The molecule has 0 radical (unpaired) electrons. The highest BCUT2D eigenvalue weighted by atomic mass is 19.4. The molecule has 0 N–H and O–H groups in total. The van der Waals surface area contributed by atoms with Crippen LogP contribution in [0.25, 0.3) is 16.7 Å². The average Bonchev–Trinajstić information content (AvgIpc) is 2.82. The third kappa shape index (κ3) is 2.03. The number of aromatic nitrogens is 4. The SMILES string of the molecule is FC(F)(F)c1ccc(-n2nnc3cnccc32)cc1. The average molecular weight is 264 g/mol. The molecule has 0 saturated heterocycles. The fourth-order valence-electron chi connectivity index (χ4n) is 1.76. The molecule has 0 atom stereocenters. The van der Waals surface area contributed by atoms with Gasteiger partial charge in [-0.3, -0.25) is 4.98 Å². The molecule has 0 saturated carbocycles. The number of pyridine rings is 1. The third-order valence-corrected chi connectivity index (χ3v) is 2.69. The molecule has 0 spiro atoms. The molecule has 3 rings (SSSR count). The molecule has 96 valence electrons. The summed E-state index contributed by atoms with van der Waals surface area (Å²) in [6.45, 7) is 0. The van der Waals surface area contributed by atoms with E-state index in [1.165, 1.54) is 16.8 Å². The van der Waals surface area contributed by atoms with E-state index >= 15 is 0 Å². The summed E-state index contributed by atoms with van der Waals surface area (Å²) >= 11 is 0. The maximum atomic E-state index is 12.5. The van der Waals surface area contributed by atoms with Crippen LogP contribution in [0.4, 0.5) is 13.2 Å². The van der Waals surface area contributed by atoms with Crippen molar-refractivity contribution in [1.82, 2.24) is 20.0 Å². The van der Waals surface area contributed by atoms with E-state index in [1.807, 2.05) is 0 Å². The number of fused-ring (bicyclic) bond motifs is 1. The Balaban J connectivity index is 2.07. The fraction of sp³-hybridized carbons (Fsp3) is 0.0833. The quantitative estimate of drug-likeness (QED) is 0.678. The second-order valence-electron chi connectivity index (χ2n) is 3.91. The van der Waals surface area contributed by atoms with Gasteiger partial charge in [0, 0.05) is 6.20 Å². The lowest BCUT2D eigenvalue weighted by Crippen LogP contribution is -2.05. The molecule has 0 fully saturated rings. The molecular weight excluding hydrogens is 257 g/mol. The standard InChI is InChI=1S/C12H7F3N4/c13-12(14,15)8-1-3-9(4-2-8)19-11-5-6-16-7-10(11)17-18-19/h1-7H. The highest BCUT2D eigenvalue weighted by Crippen LogP contribution is 2.29. The van der Waals surface area contributed by atoms with Gasteiger partial charge >= 0.3 is 6.18 Å². The first-order chi connectivity index (χ1) is 9.05. The highest BCUT2D eigenvalue weighted by molar-refractivity contribution is 5.74. The number of benzene rings is 1. The predicted molar refractivity (Wildman–Crippen MR) is 61.7 cm³/mol. The van der Waals surface area contributed by atoms with Crippen LogP contribution in [0.15, 0.2) is 42.7 Å². The van der Waals surface area contributed by atoms with Crippen molar-refractivity contribution in [2.24, 2.45) is 0 Å². The first kappa shape index (κ1) is 11.6. The maximum Gasteiger partial charge on any atom is 0.416 e. The lowest BCUT2D eigenvalue weighted by atomic mass is 10.2. The lowest BCUT2D eigenvalue weighted by Gasteiger charge is -2.07. The minimum absolute atomic E-state index is 0.515. The number of nitrogens with zero attached hydrogens (tertiary/aromatic N) is 4. The van der Waals surface area contributed by atoms with Crippen LogP contribution in [0.2, 0.25) is 0 Å². The lowest BCUT2D eigenvalue weighted by molar-refractivity contribution is -0.137. The van der Waals surface area contributed by atoms with Gasteiger partial charge in [0.1, 0.15) is 5.52 Å². The molecule has 1 aromatic carbocycles. The van der Waals surface area contributed by atoms with Crippen molar-refractivity contribution < 1.29 is 13.2 Å². The summed E-state index contributed by atoms with van der Waals surface area (Å²) in [4.78, 5) is 3.90. The first-order valence-electron chi connectivity index (χ1n) is 5.39. The Kier molecular flexibility index (Phi) is 2.48. The number of alkyl halides is 3. The molecule has 0 bridgehead atoms. The molecule has 7 heteroatoms. The summed E-state index contributed by atoms with van der Waals surface area (Å²) in [5, 5.41) is 7.80. The molecular formula is C12H7F3N4. The van der Waals surface area contributed by atoms with E-state index in [0.29, 0.717) is 16.7 Å². The molecule has 4 nitrogen and oxygen atoms in total. The van der Waals surface area contributed by atoms with Crippen LogP contribution in [0, 0.1) is 0 Å². The van der Waals surface area contributed by atoms with Crippen molar-refractivity contribution in [2.75, 3.05) is 0 Å². The first-order valence-corrected chi connectivity index (χ1v) is 5.39. The van der Waals surface area contributed by atoms with Crippen molar-refractivity contribution in [2.45, 2.75) is 6.18 Å². The molecule has 19 heavy (non-hydrogen) atoms. The monoisotopic (exact) mass is 264 g/mol. The van der Waals surface area contributed by atoms with Crippen LogP contribution in [-0.2, 0) is 6.18 Å². The second kappa shape index (κ2) is 4.04. The molecule has 3 aromatic rings. The summed E-state index contributed by atoms with van der Waals surface area (Å²) < 4.78 is 38.9. The van der Waals surface area contributed by atoms with Gasteiger partial charge in [0.25, 0.3) is 0 Å². The molecule has 0 amide bonds. The zero-order chi connectivity index (χ0) is 13.5. The maximum absolute atomic E-state index is 12.5. The predicted octanol–water partition coefficient (Wildman–Crippen LogP) is 2.83. The summed E-state index contributed by atoms with van der Waals surface area (Å²) in [6.07, 6.45) is -1.22. The molecule has 2 heterocycles. The van der Waals surface area contributed by atoms with E-state index in [9.17, 15) is 13.2 Å². The van der Waals surface area contributed by atoms with Gasteiger partial charge in [0.15, 0.2) is 0 Å². The summed E-state index contributed by atoms with van der Waals surface area (Å²) in [5.74, 6) is 0. The Hall–Kier alpha value is -2.44. The second-order valence-corrected chi connectivity index (χ2v) is 3.91. The highest BCUT2D eigenvalue weighted by Gasteiger charge is 2.30. The van der Waals surface area contributed by atoms with Gasteiger partial charge in [-0.15, -0.1) is 5.10 Å². The Morgan fingerprint density at radius 3 is 2.42 bits per heavy atom. The number of halogens is 3. The van der Waals surface area contributed by atoms with E-state index in [-0.39, 0.29) is 0 Å². The third-order valence-electron chi connectivity index (χ3n) is 2.69. The largest absolute Gasteiger partial charge is 0.416 e. The van der Waals surface area contributed by atoms with Crippen LogP contribution in [0.5, 0.6) is 0 Å². The van der Waals surface area contributed by atoms with Crippen LogP contribution in [0.1, 0.15) is 5.56 Å². The van der Waals surface area contributed by atoms with Crippen molar-refractivity contribution in [3.8, 4) is 5.69 Å². The van der Waals surface area contributed by atoms with E-state index in [4.69, 9.17) is 0 Å². The molecule has 0 aliphatic rings. The van der Waals surface area contributed by atoms with Crippen molar-refractivity contribution in [3.05, 3.63) is 48.3 Å². The number of hydrogen-bond acceptors (Lipinski definition) is 3. The van der Waals surface area contributed by atoms with Crippen molar-refractivity contribution in [1.29, 1.82) is 0 Å². The Labute approximate surface area is 105 Å². The Morgan fingerprint density at radius 1 is 1.00 bits per heavy atom. The van der Waals surface area contributed by atoms with Gasteiger partial charge in [0.2, 0.25) is 0 Å². The number of rotatable bonds is 1. The van der Waals surface area contributed by atoms with Crippen LogP contribution < -0.4 is 0 Å². The van der Waals surface area contributed by atoms with Gasteiger partial charge in [-0.1, -0.05) is 5.21 Å². The van der Waals surface area contributed by atoms with Gasteiger partial charge in [-0.25, -0.2) is 4.68 Å². The molecule has 0 unspecified atom stereocenters. The molecule has 0 aliphatic heterocycles. The van der Waals surface area contributed by atoms with E-state index in [2.05, 4.69) is 15.3 Å². The van der Waals surface area contributed by atoms with Gasteiger partial charge in [-0.2, -0.15) is 13.2 Å². The molecule has 2 aromatic heterocycles. The van der Waals surface area contributed by atoms with E-state index in [1.54, 1.807) is 18.5 Å². The van der Waals surface area contributed by atoms with E-state index in [0.717, 1.165) is 12.1 Å². The Morgan fingerprint density at radius 2 is 1.74 bits per heavy atom. The van der Waals surface area contributed by atoms with Gasteiger partial charge in [-0.05, 0) is 30.3 Å². The summed E-state index contributed by atoms with van der Waals surface area (Å²) in [7, 11) is 0. The van der Waals surface area contributed by atoms with Crippen LogP contribution in [0.3, 0.4) is 0 Å². The van der Waals surface area contributed by atoms with Crippen molar-refractivity contribution in [3.63, 3.8) is 0 Å². The van der Waals surface area contributed by atoms with Gasteiger partial charge < -0.3 is 0 Å². The Bertz CT molecular complexity index is 716. The van der Waals surface area contributed by atoms with Crippen LogP contribution >= 0.6 is 0 Å². The minimum atomic E-state index is -4.34.